The van der Waals surface area contributed by atoms with Crippen molar-refractivity contribution in [2.75, 3.05) is 0 Å². The first-order valence-electron chi connectivity index (χ1n) is 6.22. The Balaban J connectivity index is 2.28. The number of hydrogen-bond acceptors (Lipinski definition) is 2. The molecule has 0 aliphatic rings. The molecule has 106 valence electrons. The van der Waals surface area contributed by atoms with Crippen molar-refractivity contribution in [3.05, 3.63) is 64.4 Å². The average Bonchev–Trinajstić information content (AvgIpc) is 2.91. The fourth-order valence-corrected chi connectivity index (χ4v) is 3.05. The summed E-state index contributed by atoms with van der Waals surface area (Å²) < 4.78 is 1.95. The molecule has 0 atom stereocenters. The molecule has 0 aliphatic carbocycles. The number of hydrogen-bond donors (Lipinski definition) is 0. The molecule has 0 saturated carbocycles. The monoisotopic (exact) mass is 381 g/mol. The van der Waals surface area contributed by atoms with Crippen LogP contribution in [-0.2, 0) is 5.33 Å². The topological polar surface area (TPSA) is 30.7 Å². The van der Waals surface area contributed by atoms with Gasteiger partial charge in [0.25, 0.3) is 0 Å². The van der Waals surface area contributed by atoms with E-state index in [4.69, 9.17) is 23.2 Å². The standard InChI is InChI=1S/C15H10BrCl2N3/c16-9-13-19-20-15(14-11(17)7-4-8-12(14)18)21(13)10-5-2-1-3-6-10/h1-8H,9H2. The second kappa shape index (κ2) is 6.18. The largest absolute Gasteiger partial charge is 0.278 e. The molecule has 0 aliphatic heterocycles. The predicted octanol–water partition coefficient (Wildman–Crippen LogP) is 5.14. The molecule has 0 amide bonds. The first-order valence-corrected chi connectivity index (χ1v) is 8.10. The van der Waals surface area contributed by atoms with Crippen molar-refractivity contribution >= 4 is 39.1 Å². The maximum absolute atomic E-state index is 6.30. The average molecular weight is 383 g/mol. The maximum Gasteiger partial charge on any atom is 0.171 e. The van der Waals surface area contributed by atoms with E-state index in [-0.39, 0.29) is 0 Å². The Labute approximate surface area is 140 Å². The minimum Gasteiger partial charge on any atom is -0.278 e. The first kappa shape index (κ1) is 14.6. The molecule has 3 rings (SSSR count). The van der Waals surface area contributed by atoms with Crippen LogP contribution in [0.3, 0.4) is 0 Å². The van der Waals surface area contributed by atoms with Crippen LogP contribution in [0.4, 0.5) is 0 Å². The molecule has 0 saturated heterocycles. The predicted molar refractivity (Wildman–Crippen MR) is 89.4 cm³/mol. The van der Waals surface area contributed by atoms with Gasteiger partial charge in [-0.3, -0.25) is 4.57 Å². The van der Waals surface area contributed by atoms with Crippen molar-refractivity contribution in [1.29, 1.82) is 0 Å². The summed E-state index contributed by atoms with van der Waals surface area (Å²) in [4.78, 5) is 0. The van der Waals surface area contributed by atoms with Crippen molar-refractivity contribution < 1.29 is 0 Å². The summed E-state index contributed by atoms with van der Waals surface area (Å²) in [5, 5.41) is 10.2. The number of nitrogens with zero attached hydrogens (tertiary/aromatic N) is 3. The fourth-order valence-electron chi connectivity index (χ4n) is 2.12. The number of halogens is 3. The van der Waals surface area contributed by atoms with Gasteiger partial charge >= 0.3 is 0 Å². The van der Waals surface area contributed by atoms with Crippen molar-refractivity contribution in [3.63, 3.8) is 0 Å². The molecule has 0 radical (unpaired) electrons. The van der Waals surface area contributed by atoms with Crippen LogP contribution in [0.1, 0.15) is 5.82 Å². The van der Waals surface area contributed by atoms with E-state index < -0.39 is 0 Å². The molecule has 21 heavy (non-hydrogen) atoms. The number of aromatic nitrogens is 3. The van der Waals surface area contributed by atoms with Crippen molar-refractivity contribution in [1.82, 2.24) is 14.8 Å². The number of alkyl halides is 1. The lowest BCUT2D eigenvalue weighted by Crippen LogP contribution is -2.02. The Morgan fingerprint density at radius 2 is 1.57 bits per heavy atom. The number of benzene rings is 2. The molecular formula is C15H10BrCl2N3. The van der Waals surface area contributed by atoms with Crippen LogP contribution in [0, 0.1) is 0 Å². The van der Waals surface area contributed by atoms with E-state index in [1.165, 1.54) is 0 Å². The lowest BCUT2D eigenvalue weighted by Gasteiger charge is -2.11. The van der Waals surface area contributed by atoms with E-state index in [0.29, 0.717) is 26.8 Å². The third-order valence-corrected chi connectivity index (χ3v) is 4.18. The molecule has 0 fully saturated rings. The molecule has 3 aromatic rings. The van der Waals surface area contributed by atoms with Gasteiger partial charge in [0.1, 0.15) is 5.82 Å². The highest BCUT2D eigenvalue weighted by atomic mass is 79.9. The summed E-state index contributed by atoms with van der Waals surface area (Å²) in [6.07, 6.45) is 0. The van der Waals surface area contributed by atoms with E-state index in [1.54, 1.807) is 12.1 Å². The van der Waals surface area contributed by atoms with E-state index in [1.807, 2.05) is 41.0 Å². The highest BCUT2D eigenvalue weighted by Gasteiger charge is 2.19. The normalized spacial score (nSPS) is 10.8. The quantitative estimate of drug-likeness (QED) is 0.587. The summed E-state index contributed by atoms with van der Waals surface area (Å²) >= 11 is 16.0. The van der Waals surface area contributed by atoms with Crippen molar-refractivity contribution in [2.24, 2.45) is 0 Å². The minimum atomic E-state index is 0.549. The molecule has 0 N–H and O–H groups in total. The van der Waals surface area contributed by atoms with E-state index in [0.717, 1.165) is 11.5 Å². The molecule has 2 aromatic carbocycles. The zero-order valence-corrected chi connectivity index (χ0v) is 13.9. The van der Waals surface area contributed by atoms with Gasteiger partial charge in [-0.2, -0.15) is 0 Å². The Kier molecular flexibility index (Phi) is 4.29. The summed E-state index contributed by atoms with van der Waals surface area (Å²) in [5.74, 6) is 1.42. The molecule has 0 unspecified atom stereocenters. The Morgan fingerprint density at radius 1 is 0.905 bits per heavy atom. The van der Waals surface area contributed by atoms with Gasteiger partial charge in [0, 0.05) is 5.69 Å². The Morgan fingerprint density at radius 3 is 2.19 bits per heavy atom. The maximum atomic E-state index is 6.30. The van der Waals surface area contributed by atoms with Gasteiger partial charge in [-0.25, -0.2) is 0 Å². The second-order valence-corrected chi connectivity index (χ2v) is 5.72. The molecular weight excluding hydrogens is 373 g/mol. The van der Waals surface area contributed by atoms with Gasteiger partial charge in [0.2, 0.25) is 0 Å². The lowest BCUT2D eigenvalue weighted by molar-refractivity contribution is 0.962. The Bertz CT molecular complexity index is 752. The van der Waals surface area contributed by atoms with Crippen molar-refractivity contribution in [2.45, 2.75) is 5.33 Å². The van der Waals surface area contributed by atoms with Gasteiger partial charge in [0.15, 0.2) is 5.82 Å². The van der Waals surface area contributed by atoms with E-state index in [2.05, 4.69) is 26.1 Å². The second-order valence-electron chi connectivity index (χ2n) is 4.34. The van der Waals surface area contributed by atoms with Crippen LogP contribution in [0.5, 0.6) is 0 Å². The van der Waals surface area contributed by atoms with Gasteiger partial charge in [-0.15, -0.1) is 10.2 Å². The fraction of sp³-hybridized carbons (Fsp3) is 0.0667. The van der Waals surface area contributed by atoms with Gasteiger partial charge in [0.05, 0.1) is 20.9 Å². The van der Waals surface area contributed by atoms with Gasteiger partial charge in [-0.1, -0.05) is 63.4 Å². The van der Waals surface area contributed by atoms with Gasteiger partial charge in [-0.05, 0) is 24.3 Å². The molecule has 1 aromatic heterocycles. The third kappa shape index (κ3) is 2.71. The minimum absolute atomic E-state index is 0.549. The molecule has 0 bridgehead atoms. The summed E-state index contributed by atoms with van der Waals surface area (Å²) in [5.41, 5.74) is 1.65. The first-order chi connectivity index (χ1) is 10.2. The highest BCUT2D eigenvalue weighted by Crippen LogP contribution is 2.35. The highest BCUT2D eigenvalue weighted by molar-refractivity contribution is 9.08. The number of rotatable bonds is 3. The smallest absolute Gasteiger partial charge is 0.171 e. The summed E-state index contributed by atoms with van der Waals surface area (Å²) in [6, 6.07) is 15.3. The van der Waals surface area contributed by atoms with Crippen LogP contribution < -0.4 is 0 Å². The summed E-state index contributed by atoms with van der Waals surface area (Å²) in [6.45, 7) is 0. The molecule has 0 spiro atoms. The summed E-state index contributed by atoms with van der Waals surface area (Å²) in [7, 11) is 0. The van der Waals surface area contributed by atoms with Crippen LogP contribution in [0.2, 0.25) is 10.0 Å². The zero-order valence-electron chi connectivity index (χ0n) is 10.8. The van der Waals surface area contributed by atoms with Crippen LogP contribution in [0.15, 0.2) is 48.5 Å². The van der Waals surface area contributed by atoms with Crippen LogP contribution in [-0.4, -0.2) is 14.8 Å². The van der Waals surface area contributed by atoms with Crippen LogP contribution >= 0.6 is 39.1 Å². The number of para-hydroxylation sites is 1. The Hall–Kier alpha value is -1.36. The van der Waals surface area contributed by atoms with E-state index in [9.17, 15) is 0 Å². The van der Waals surface area contributed by atoms with Gasteiger partial charge < -0.3 is 0 Å². The zero-order chi connectivity index (χ0) is 14.8. The van der Waals surface area contributed by atoms with Crippen molar-refractivity contribution in [3.8, 4) is 17.1 Å². The van der Waals surface area contributed by atoms with Crippen LogP contribution in [0.25, 0.3) is 17.1 Å². The molecule has 3 nitrogen and oxygen atoms in total. The molecule has 1 heterocycles. The van der Waals surface area contributed by atoms with E-state index >= 15 is 0 Å². The lowest BCUT2D eigenvalue weighted by atomic mass is 10.2. The molecule has 6 heteroatoms. The third-order valence-electron chi connectivity index (χ3n) is 3.05. The SMILES string of the molecule is Clc1cccc(Cl)c1-c1nnc(CBr)n1-c1ccccc1.